The number of hydrogen-bond acceptors (Lipinski definition) is 6. The minimum atomic E-state index is -1.12. The summed E-state index contributed by atoms with van der Waals surface area (Å²) >= 11 is 0. The highest BCUT2D eigenvalue weighted by molar-refractivity contribution is 5.94. The molecule has 170 valence electrons. The van der Waals surface area contributed by atoms with E-state index < -0.39 is 5.97 Å². The third kappa shape index (κ3) is 3.59. The summed E-state index contributed by atoms with van der Waals surface area (Å²) in [6.07, 6.45) is 1.43. The first-order valence-electron chi connectivity index (χ1n) is 10.8. The molecule has 0 radical (unpaired) electrons. The standard InChI is InChI=1S/C26H22N4O4/c1-14-11-17(15(2)28-19-8-6-10-27-24(19)26(32)33)25-18(12-14)21(31)13-22(34-25)23-16-7-4-5-9-20(16)30(3)29-23/h4-13,15,28H,1-3H3,(H,32,33)/t15-/m1/s1. The van der Waals surface area contributed by atoms with E-state index >= 15 is 0 Å². The van der Waals surface area contributed by atoms with Crippen molar-refractivity contribution in [2.45, 2.75) is 19.9 Å². The highest BCUT2D eigenvalue weighted by atomic mass is 16.4. The molecule has 0 amide bonds. The van der Waals surface area contributed by atoms with E-state index in [-0.39, 0.29) is 17.2 Å². The number of pyridine rings is 1. The third-order valence-corrected chi connectivity index (χ3v) is 5.84. The fraction of sp³-hybridized carbons (Fsp3) is 0.154. The van der Waals surface area contributed by atoms with Crippen molar-refractivity contribution in [3.8, 4) is 11.5 Å². The van der Waals surface area contributed by atoms with Crippen molar-refractivity contribution in [1.29, 1.82) is 0 Å². The number of nitrogens with zero attached hydrogens (tertiary/aromatic N) is 3. The monoisotopic (exact) mass is 454 g/mol. The molecule has 2 N–H and O–H groups in total. The summed E-state index contributed by atoms with van der Waals surface area (Å²) in [5.74, 6) is -0.751. The molecule has 0 aliphatic rings. The quantitative estimate of drug-likeness (QED) is 0.388. The lowest BCUT2D eigenvalue weighted by atomic mass is 10.0. The highest BCUT2D eigenvalue weighted by Gasteiger charge is 2.20. The number of para-hydroxylation sites is 1. The predicted molar refractivity (Wildman–Crippen MR) is 130 cm³/mol. The summed E-state index contributed by atoms with van der Waals surface area (Å²) in [6, 6.07) is 15.9. The molecule has 0 bridgehead atoms. The zero-order chi connectivity index (χ0) is 24.0. The average Bonchev–Trinajstić information content (AvgIpc) is 3.16. The van der Waals surface area contributed by atoms with Gasteiger partial charge in [0, 0.05) is 30.3 Å². The number of nitrogens with one attached hydrogen (secondary N) is 1. The largest absolute Gasteiger partial charge is 0.476 e. The fourth-order valence-corrected chi connectivity index (χ4v) is 4.27. The maximum Gasteiger partial charge on any atom is 0.356 e. The van der Waals surface area contributed by atoms with E-state index in [2.05, 4.69) is 15.4 Å². The fourth-order valence-electron chi connectivity index (χ4n) is 4.27. The Kier molecular flexibility index (Phi) is 5.13. The van der Waals surface area contributed by atoms with Crippen LogP contribution in [0.2, 0.25) is 0 Å². The second-order valence-electron chi connectivity index (χ2n) is 8.27. The molecule has 0 aliphatic heterocycles. The maximum absolute atomic E-state index is 13.1. The molecule has 0 saturated carbocycles. The summed E-state index contributed by atoms with van der Waals surface area (Å²) in [5.41, 5.74) is 3.71. The van der Waals surface area contributed by atoms with E-state index in [4.69, 9.17) is 4.42 Å². The molecule has 0 fully saturated rings. The zero-order valence-electron chi connectivity index (χ0n) is 18.9. The van der Waals surface area contributed by atoms with Crippen molar-refractivity contribution >= 4 is 33.5 Å². The van der Waals surface area contributed by atoms with E-state index in [1.54, 1.807) is 22.9 Å². The number of rotatable bonds is 5. The lowest BCUT2D eigenvalue weighted by Gasteiger charge is -2.19. The smallest absolute Gasteiger partial charge is 0.356 e. The van der Waals surface area contributed by atoms with Crippen molar-refractivity contribution in [3.05, 3.63) is 87.8 Å². The Morgan fingerprint density at radius 1 is 1.12 bits per heavy atom. The Hall–Kier alpha value is -4.46. The van der Waals surface area contributed by atoms with E-state index in [1.807, 2.05) is 51.2 Å². The van der Waals surface area contributed by atoms with Crippen LogP contribution in [-0.4, -0.2) is 25.8 Å². The summed E-state index contributed by atoms with van der Waals surface area (Å²) in [4.78, 5) is 28.7. The normalized spacial score (nSPS) is 12.2. The van der Waals surface area contributed by atoms with E-state index in [9.17, 15) is 14.7 Å². The van der Waals surface area contributed by atoms with Crippen LogP contribution in [-0.2, 0) is 7.05 Å². The Morgan fingerprint density at radius 3 is 2.71 bits per heavy atom. The molecule has 1 atom stereocenters. The molecule has 8 nitrogen and oxygen atoms in total. The minimum Gasteiger partial charge on any atom is -0.476 e. The van der Waals surface area contributed by atoms with Gasteiger partial charge >= 0.3 is 5.97 Å². The number of carboxylic acids is 1. The van der Waals surface area contributed by atoms with Gasteiger partial charge in [0.25, 0.3) is 0 Å². The number of carboxylic acid groups (broad SMARTS) is 1. The number of anilines is 1. The van der Waals surface area contributed by atoms with Crippen molar-refractivity contribution in [2.24, 2.45) is 7.05 Å². The number of hydrogen-bond donors (Lipinski definition) is 2. The summed E-state index contributed by atoms with van der Waals surface area (Å²) < 4.78 is 8.08. The first-order valence-corrected chi connectivity index (χ1v) is 10.8. The van der Waals surface area contributed by atoms with Gasteiger partial charge in [0.15, 0.2) is 16.9 Å². The number of benzene rings is 2. The van der Waals surface area contributed by atoms with Gasteiger partial charge < -0.3 is 14.8 Å². The topological polar surface area (TPSA) is 110 Å². The molecular formula is C26H22N4O4. The van der Waals surface area contributed by atoms with Crippen LogP contribution in [0.25, 0.3) is 33.3 Å². The molecule has 0 unspecified atom stereocenters. The second kappa shape index (κ2) is 8.15. The molecule has 8 heteroatoms. The van der Waals surface area contributed by atoms with Gasteiger partial charge in [-0.3, -0.25) is 9.48 Å². The molecule has 0 saturated heterocycles. The first kappa shape index (κ1) is 21.4. The number of fused-ring (bicyclic) bond motifs is 2. The predicted octanol–water partition coefficient (Wildman–Crippen LogP) is 4.92. The average molecular weight is 454 g/mol. The Balaban J connectivity index is 1.68. The molecule has 0 spiro atoms. The van der Waals surface area contributed by atoms with Crippen molar-refractivity contribution in [3.63, 3.8) is 0 Å². The number of aromatic carboxylic acids is 1. The summed E-state index contributed by atoms with van der Waals surface area (Å²) in [7, 11) is 1.85. The number of aryl methyl sites for hydroxylation is 2. The third-order valence-electron chi connectivity index (χ3n) is 5.84. The van der Waals surface area contributed by atoms with E-state index in [0.717, 1.165) is 22.0 Å². The van der Waals surface area contributed by atoms with Crippen LogP contribution in [0.4, 0.5) is 5.69 Å². The Labute approximate surface area is 194 Å². The second-order valence-corrected chi connectivity index (χ2v) is 8.27. The van der Waals surface area contributed by atoms with Crippen LogP contribution in [0.5, 0.6) is 0 Å². The van der Waals surface area contributed by atoms with Gasteiger partial charge in [-0.2, -0.15) is 5.10 Å². The SMILES string of the molecule is Cc1cc([C@@H](C)Nc2cccnc2C(=O)O)c2oc(-c3nn(C)c4ccccc34)cc(=O)c2c1. The van der Waals surface area contributed by atoms with Gasteiger partial charge in [-0.25, -0.2) is 9.78 Å². The van der Waals surface area contributed by atoms with Crippen molar-refractivity contribution < 1.29 is 14.3 Å². The van der Waals surface area contributed by atoms with Crippen LogP contribution in [0.3, 0.4) is 0 Å². The number of carbonyl (C=O) groups is 1. The Bertz CT molecular complexity index is 1630. The summed E-state index contributed by atoms with van der Waals surface area (Å²) in [6.45, 7) is 3.79. The van der Waals surface area contributed by atoms with Gasteiger partial charge in [-0.1, -0.05) is 24.3 Å². The molecule has 0 aliphatic carbocycles. The lowest BCUT2D eigenvalue weighted by molar-refractivity contribution is 0.0691. The van der Waals surface area contributed by atoms with Crippen molar-refractivity contribution in [1.82, 2.24) is 14.8 Å². The zero-order valence-corrected chi connectivity index (χ0v) is 18.9. The summed E-state index contributed by atoms with van der Waals surface area (Å²) in [5, 5.41) is 18.6. The molecule has 3 heterocycles. The van der Waals surface area contributed by atoms with Crippen LogP contribution >= 0.6 is 0 Å². The lowest BCUT2D eigenvalue weighted by Crippen LogP contribution is -2.13. The molecule has 5 rings (SSSR count). The van der Waals surface area contributed by atoms with Crippen LogP contribution in [0.15, 0.2) is 70.0 Å². The van der Waals surface area contributed by atoms with E-state index in [0.29, 0.717) is 28.1 Å². The molecule has 5 aromatic rings. The molecule has 3 aromatic heterocycles. The van der Waals surface area contributed by atoms with Crippen LogP contribution < -0.4 is 10.7 Å². The first-order chi connectivity index (χ1) is 16.3. The maximum atomic E-state index is 13.1. The van der Waals surface area contributed by atoms with Gasteiger partial charge in [0.05, 0.1) is 22.6 Å². The van der Waals surface area contributed by atoms with Gasteiger partial charge in [-0.15, -0.1) is 0 Å². The minimum absolute atomic E-state index is 0.0756. The highest BCUT2D eigenvalue weighted by Crippen LogP contribution is 2.33. The van der Waals surface area contributed by atoms with Gasteiger partial charge in [0.1, 0.15) is 11.3 Å². The molecular weight excluding hydrogens is 432 g/mol. The molecule has 34 heavy (non-hydrogen) atoms. The van der Waals surface area contributed by atoms with Gasteiger partial charge in [-0.05, 0) is 43.7 Å². The van der Waals surface area contributed by atoms with E-state index in [1.165, 1.54) is 12.3 Å². The van der Waals surface area contributed by atoms with Crippen molar-refractivity contribution in [2.75, 3.05) is 5.32 Å². The van der Waals surface area contributed by atoms with Crippen LogP contribution in [0, 0.1) is 6.92 Å². The van der Waals surface area contributed by atoms with Crippen LogP contribution in [0.1, 0.15) is 34.6 Å². The Morgan fingerprint density at radius 2 is 1.91 bits per heavy atom. The van der Waals surface area contributed by atoms with Gasteiger partial charge in [0.2, 0.25) is 0 Å². The molecule has 2 aromatic carbocycles. The number of aromatic nitrogens is 3.